The number of rotatable bonds is 6. The van der Waals surface area contributed by atoms with Crippen LogP contribution in [-0.2, 0) is 4.74 Å². The van der Waals surface area contributed by atoms with Gasteiger partial charge in [-0.25, -0.2) is 4.98 Å². The summed E-state index contributed by atoms with van der Waals surface area (Å²) in [6.07, 6.45) is 6.05. The van der Waals surface area contributed by atoms with E-state index in [2.05, 4.69) is 22.3 Å². The lowest BCUT2D eigenvalue weighted by Crippen LogP contribution is -2.26. The number of hydrogen-bond acceptors (Lipinski definition) is 5. The van der Waals surface area contributed by atoms with Crippen LogP contribution in [0.2, 0.25) is 0 Å². The van der Waals surface area contributed by atoms with Gasteiger partial charge in [-0.15, -0.1) is 0 Å². The first kappa shape index (κ1) is 16.0. The third-order valence-electron chi connectivity index (χ3n) is 4.30. The molecular weight excluding hydrogens is 288 g/mol. The van der Waals surface area contributed by atoms with Crippen molar-refractivity contribution in [3.63, 3.8) is 0 Å². The van der Waals surface area contributed by atoms with Crippen molar-refractivity contribution in [1.82, 2.24) is 9.97 Å². The molecule has 3 rings (SSSR count). The molecule has 2 heterocycles. The normalized spacial score (nSPS) is 15.6. The summed E-state index contributed by atoms with van der Waals surface area (Å²) in [5.41, 5.74) is 1.01. The van der Waals surface area contributed by atoms with Gasteiger partial charge in [0.15, 0.2) is 0 Å². The molecule has 0 amide bonds. The average Bonchev–Trinajstić information content (AvgIpc) is 2.88. The lowest BCUT2D eigenvalue weighted by Gasteiger charge is -2.21. The molecular formula is C18H26N4O. The Morgan fingerprint density at radius 1 is 1.09 bits per heavy atom. The molecule has 0 spiro atoms. The third-order valence-corrected chi connectivity index (χ3v) is 4.30. The number of para-hydroxylation sites is 1. The third kappa shape index (κ3) is 4.10. The summed E-state index contributed by atoms with van der Waals surface area (Å²) < 4.78 is 5.12. The number of ether oxygens (including phenoxy) is 1. The van der Waals surface area contributed by atoms with Crippen molar-refractivity contribution in [2.45, 2.75) is 32.1 Å². The van der Waals surface area contributed by atoms with Gasteiger partial charge >= 0.3 is 0 Å². The molecule has 1 saturated heterocycles. The highest BCUT2D eigenvalue weighted by molar-refractivity contribution is 5.90. The summed E-state index contributed by atoms with van der Waals surface area (Å²) in [6.45, 7) is 3.73. The molecule has 0 radical (unpaired) electrons. The molecule has 5 nitrogen and oxygen atoms in total. The molecule has 0 bridgehead atoms. The Kier molecular flexibility index (Phi) is 5.64. The monoisotopic (exact) mass is 314 g/mol. The van der Waals surface area contributed by atoms with Gasteiger partial charge in [-0.1, -0.05) is 25.0 Å². The molecule has 1 N–H and O–H groups in total. The number of aromatic nitrogens is 2. The van der Waals surface area contributed by atoms with Gasteiger partial charge in [0.05, 0.1) is 5.52 Å². The first-order valence-electron chi connectivity index (χ1n) is 8.63. The lowest BCUT2D eigenvalue weighted by atomic mass is 10.2. The van der Waals surface area contributed by atoms with Crippen molar-refractivity contribution in [1.29, 1.82) is 0 Å². The molecule has 0 atom stereocenters. The Labute approximate surface area is 138 Å². The Morgan fingerprint density at radius 2 is 1.87 bits per heavy atom. The summed E-state index contributed by atoms with van der Waals surface area (Å²) in [7, 11) is 1.73. The second kappa shape index (κ2) is 8.11. The topological polar surface area (TPSA) is 50.3 Å². The Balaban J connectivity index is 1.86. The molecule has 1 fully saturated rings. The second-order valence-corrected chi connectivity index (χ2v) is 6.06. The molecule has 1 aliphatic heterocycles. The molecule has 23 heavy (non-hydrogen) atoms. The minimum Gasteiger partial charge on any atom is -0.385 e. The number of benzene rings is 1. The van der Waals surface area contributed by atoms with E-state index < -0.39 is 0 Å². The van der Waals surface area contributed by atoms with Crippen LogP contribution in [0.4, 0.5) is 11.8 Å². The van der Waals surface area contributed by atoms with E-state index in [4.69, 9.17) is 14.7 Å². The standard InChI is InChI=1S/C18H26N4O/c1-23-14-8-11-19-17-15-9-4-5-10-16(15)20-18(21-17)22-12-6-2-3-7-13-22/h4-5,9-10H,2-3,6-8,11-14H2,1H3,(H,19,20,21). The maximum absolute atomic E-state index is 5.12. The Bertz CT molecular complexity index is 623. The minimum atomic E-state index is 0.759. The maximum atomic E-state index is 5.12. The van der Waals surface area contributed by atoms with Crippen LogP contribution >= 0.6 is 0 Å². The van der Waals surface area contributed by atoms with E-state index >= 15 is 0 Å². The van der Waals surface area contributed by atoms with Gasteiger partial charge in [-0.05, 0) is 31.4 Å². The molecule has 1 aromatic carbocycles. The van der Waals surface area contributed by atoms with Gasteiger partial charge in [0, 0.05) is 38.7 Å². The quantitative estimate of drug-likeness (QED) is 0.828. The second-order valence-electron chi connectivity index (χ2n) is 6.06. The number of anilines is 2. The van der Waals surface area contributed by atoms with Crippen LogP contribution in [0.15, 0.2) is 24.3 Å². The summed E-state index contributed by atoms with van der Waals surface area (Å²) in [5, 5.41) is 4.55. The SMILES string of the molecule is COCCCNc1nc(N2CCCCCC2)nc2ccccc12. The summed E-state index contributed by atoms with van der Waals surface area (Å²) in [6, 6.07) is 8.23. The fraction of sp³-hybridized carbons (Fsp3) is 0.556. The van der Waals surface area contributed by atoms with Crippen LogP contribution in [0.25, 0.3) is 10.9 Å². The van der Waals surface area contributed by atoms with E-state index in [1.165, 1.54) is 25.7 Å². The molecule has 1 aromatic heterocycles. The first-order valence-corrected chi connectivity index (χ1v) is 8.63. The van der Waals surface area contributed by atoms with Crippen molar-refractivity contribution >= 4 is 22.7 Å². The fourth-order valence-corrected chi connectivity index (χ4v) is 3.03. The van der Waals surface area contributed by atoms with Crippen LogP contribution in [-0.4, -0.2) is 43.3 Å². The summed E-state index contributed by atoms with van der Waals surface area (Å²) in [5.74, 6) is 1.80. The molecule has 0 saturated carbocycles. The van der Waals surface area contributed by atoms with Gasteiger partial charge in [0.1, 0.15) is 5.82 Å². The number of nitrogens with one attached hydrogen (secondary N) is 1. The van der Waals surface area contributed by atoms with Gasteiger partial charge in [0.2, 0.25) is 5.95 Å². The van der Waals surface area contributed by atoms with Gasteiger partial charge in [0.25, 0.3) is 0 Å². The van der Waals surface area contributed by atoms with Crippen molar-refractivity contribution in [2.75, 3.05) is 43.6 Å². The van der Waals surface area contributed by atoms with Gasteiger partial charge < -0.3 is 15.0 Å². The Morgan fingerprint density at radius 3 is 2.65 bits per heavy atom. The van der Waals surface area contributed by atoms with Crippen LogP contribution < -0.4 is 10.2 Å². The largest absolute Gasteiger partial charge is 0.385 e. The van der Waals surface area contributed by atoms with Crippen molar-refractivity contribution in [2.24, 2.45) is 0 Å². The number of fused-ring (bicyclic) bond motifs is 1. The zero-order valence-corrected chi connectivity index (χ0v) is 13.9. The number of hydrogen-bond donors (Lipinski definition) is 1. The van der Waals surface area contributed by atoms with Crippen molar-refractivity contribution in [3.05, 3.63) is 24.3 Å². The molecule has 2 aromatic rings. The number of nitrogens with zero attached hydrogens (tertiary/aromatic N) is 3. The molecule has 124 valence electrons. The van der Waals surface area contributed by atoms with Crippen molar-refractivity contribution in [3.8, 4) is 0 Å². The minimum absolute atomic E-state index is 0.759. The summed E-state index contributed by atoms with van der Waals surface area (Å²) in [4.78, 5) is 12.0. The Hall–Kier alpha value is -1.88. The first-order chi connectivity index (χ1) is 11.4. The zero-order valence-electron chi connectivity index (χ0n) is 13.9. The highest BCUT2D eigenvalue weighted by Gasteiger charge is 2.15. The van der Waals surface area contributed by atoms with E-state index in [-0.39, 0.29) is 0 Å². The summed E-state index contributed by atoms with van der Waals surface area (Å²) >= 11 is 0. The molecule has 0 aliphatic carbocycles. The molecule has 0 unspecified atom stereocenters. The van der Waals surface area contributed by atoms with E-state index in [0.29, 0.717) is 0 Å². The zero-order chi connectivity index (χ0) is 15.9. The van der Waals surface area contributed by atoms with Crippen LogP contribution in [0.3, 0.4) is 0 Å². The lowest BCUT2D eigenvalue weighted by molar-refractivity contribution is 0.198. The predicted molar refractivity (Wildman–Crippen MR) is 95.2 cm³/mol. The number of methoxy groups -OCH3 is 1. The predicted octanol–water partition coefficient (Wildman–Crippen LogP) is 3.46. The van der Waals surface area contributed by atoms with E-state index in [1.807, 2.05) is 12.1 Å². The fourth-order valence-electron chi connectivity index (χ4n) is 3.03. The van der Waals surface area contributed by atoms with E-state index in [9.17, 15) is 0 Å². The van der Waals surface area contributed by atoms with E-state index in [1.54, 1.807) is 7.11 Å². The van der Waals surface area contributed by atoms with Crippen LogP contribution in [0.1, 0.15) is 32.1 Å². The smallest absolute Gasteiger partial charge is 0.227 e. The average molecular weight is 314 g/mol. The maximum Gasteiger partial charge on any atom is 0.227 e. The highest BCUT2D eigenvalue weighted by Crippen LogP contribution is 2.24. The van der Waals surface area contributed by atoms with E-state index in [0.717, 1.165) is 55.3 Å². The highest BCUT2D eigenvalue weighted by atomic mass is 16.5. The van der Waals surface area contributed by atoms with Crippen molar-refractivity contribution < 1.29 is 4.74 Å². The van der Waals surface area contributed by atoms with Crippen LogP contribution in [0.5, 0.6) is 0 Å². The van der Waals surface area contributed by atoms with Crippen LogP contribution in [0, 0.1) is 0 Å². The molecule has 5 heteroatoms. The van der Waals surface area contributed by atoms with Gasteiger partial charge in [-0.2, -0.15) is 4.98 Å². The molecule has 1 aliphatic rings. The van der Waals surface area contributed by atoms with Gasteiger partial charge in [-0.3, -0.25) is 0 Å².